The molecule has 0 spiro atoms. The van der Waals surface area contributed by atoms with E-state index in [2.05, 4.69) is 10.6 Å². The summed E-state index contributed by atoms with van der Waals surface area (Å²) in [7, 11) is 1.37. The molecule has 2 fully saturated rings. The molecule has 1 saturated heterocycles. The number of ether oxygens (including phenoxy) is 2. The Bertz CT molecular complexity index is 1280. The first-order valence-corrected chi connectivity index (χ1v) is 14.5. The Morgan fingerprint density at radius 1 is 0.976 bits per heavy atom. The lowest BCUT2D eigenvalue weighted by Crippen LogP contribution is -2.48. The Kier molecular flexibility index (Phi) is 9.75. The molecule has 10 heteroatoms. The molecule has 1 saturated carbocycles. The van der Waals surface area contributed by atoms with Gasteiger partial charge < -0.3 is 30.1 Å². The molecule has 4 rings (SSSR count). The fraction of sp³-hybridized carbons (Fsp3) is 0.500. The van der Waals surface area contributed by atoms with Gasteiger partial charge in [-0.3, -0.25) is 9.59 Å². The van der Waals surface area contributed by atoms with Crippen LogP contribution < -0.4 is 15.4 Å². The number of anilines is 1. The third-order valence-corrected chi connectivity index (χ3v) is 8.01. The van der Waals surface area contributed by atoms with E-state index in [1.807, 2.05) is 51.1 Å². The zero-order valence-corrected chi connectivity index (χ0v) is 24.7. The van der Waals surface area contributed by atoms with Gasteiger partial charge in [-0.25, -0.2) is 9.59 Å². The Labute approximate surface area is 246 Å². The molecular weight excluding hydrogens is 538 g/mol. The number of nitrogens with one attached hydrogen (secondary N) is 2. The van der Waals surface area contributed by atoms with Crippen molar-refractivity contribution < 1.29 is 33.8 Å². The Balaban J connectivity index is 1.45. The summed E-state index contributed by atoms with van der Waals surface area (Å²) in [6, 6.07) is 13.4. The molecule has 0 bridgehead atoms. The van der Waals surface area contributed by atoms with Crippen LogP contribution in [0.25, 0.3) is 0 Å². The van der Waals surface area contributed by atoms with Crippen molar-refractivity contribution >= 4 is 29.6 Å². The monoisotopic (exact) mass is 579 g/mol. The van der Waals surface area contributed by atoms with E-state index >= 15 is 0 Å². The predicted octanol–water partition coefficient (Wildman–Crippen LogP) is 5.05. The van der Waals surface area contributed by atoms with Gasteiger partial charge in [-0.15, -0.1) is 0 Å². The average Bonchev–Trinajstić information content (AvgIpc) is 3.41. The summed E-state index contributed by atoms with van der Waals surface area (Å²) in [6.45, 7) is 6.44. The van der Waals surface area contributed by atoms with Gasteiger partial charge >= 0.3 is 12.1 Å². The van der Waals surface area contributed by atoms with Gasteiger partial charge in [0.05, 0.1) is 7.11 Å². The third-order valence-electron chi connectivity index (χ3n) is 8.01. The summed E-state index contributed by atoms with van der Waals surface area (Å²) in [5.74, 6) is -1.44. The maximum atomic E-state index is 13.9. The minimum Gasteiger partial charge on any atom is -0.496 e. The second-order valence-corrected chi connectivity index (χ2v) is 12.1. The van der Waals surface area contributed by atoms with E-state index in [0.717, 1.165) is 18.4 Å². The van der Waals surface area contributed by atoms with E-state index < -0.39 is 23.7 Å². The zero-order valence-electron chi connectivity index (χ0n) is 24.7. The molecule has 2 aromatic carbocycles. The van der Waals surface area contributed by atoms with Gasteiger partial charge in [0.25, 0.3) is 0 Å². The Morgan fingerprint density at radius 3 is 2.29 bits per heavy atom. The van der Waals surface area contributed by atoms with E-state index in [1.165, 1.54) is 25.3 Å². The summed E-state index contributed by atoms with van der Waals surface area (Å²) in [6.07, 6.45) is 3.20. The summed E-state index contributed by atoms with van der Waals surface area (Å²) in [5.41, 5.74) is 0.820. The number of aromatic carboxylic acids is 1. The summed E-state index contributed by atoms with van der Waals surface area (Å²) in [5, 5.41) is 15.1. The van der Waals surface area contributed by atoms with Crippen LogP contribution in [0.1, 0.15) is 74.7 Å². The number of amides is 3. The van der Waals surface area contributed by atoms with Crippen LogP contribution in [0.15, 0.2) is 48.5 Å². The molecule has 1 heterocycles. The van der Waals surface area contributed by atoms with Crippen LogP contribution in [-0.4, -0.2) is 65.7 Å². The van der Waals surface area contributed by atoms with Gasteiger partial charge in [-0.2, -0.15) is 0 Å². The quantitative estimate of drug-likeness (QED) is 0.399. The Morgan fingerprint density at radius 2 is 1.67 bits per heavy atom. The second-order valence-electron chi connectivity index (χ2n) is 12.1. The number of methoxy groups -OCH3 is 1. The lowest BCUT2D eigenvalue weighted by Gasteiger charge is -2.34. The highest BCUT2D eigenvalue weighted by molar-refractivity contribution is 5.99. The van der Waals surface area contributed by atoms with Crippen molar-refractivity contribution in [3.05, 3.63) is 59.7 Å². The molecular formula is C32H41N3O7. The normalized spacial score (nSPS) is 22.2. The molecule has 1 aliphatic carbocycles. The van der Waals surface area contributed by atoms with Crippen molar-refractivity contribution in [3.8, 4) is 5.75 Å². The number of nitrogens with zero attached hydrogens (tertiary/aromatic N) is 1. The number of likely N-dealkylation sites (tertiary alicyclic amines) is 1. The second kappa shape index (κ2) is 13.3. The van der Waals surface area contributed by atoms with Gasteiger partial charge in [-0.05, 0) is 76.5 Å². The van der Waals surface area contributed by atoms with Crippen molar-refractivity contribution in [1.82, 2.24) is 10.2 Å². The number of alkyl carbamates (subject to hydrolysis) is 1. The van der Waals surface area contributed by atoms with Gasteiger partial charge in [0, 0.05) is 36.7 Å². The maximum absolute atomic E-state index is 13.9. The number of carboxylic acids is 1. The predicted molar refractivity (Wildman–Crippen MR) is 158 cm³/mol. The number of carboxylic acid groups (broad SMARTS) is 1. The molecule has 1 aliphatic heterocycles. The van der Waals surface area contributed by atoms with E-state index in [9.17, 15) is 24.3 Å². The van der Waals surface area contributed by atoms with Gasteiger partial charge in [0.1, 0.15) is 23.0 Å². The molecule has 10 nitrogen and oxygen atoms in total. The lowest BCUT2D eigenvalue weighted by atomic mass is 9.81. The van der Waals surface area contributed by atoms with Crippen molar-refractivity contribution in [2.24, 2.45) is 11.8 Å². The number of rotatable bonds is 8. The highest BCUT2D eigenvalue weighted by atomic mass is 16.6. The van der Waals surface area contributed by atoms with Crippen LogP contribution in [0.5, 0.6) is 5.75 Å². The van der Waals surface area contributed by atoms with Crippen LogP contribution in [0, 0.1) is 11.8 Å². The largest absolute Gasteiger partial charge is 0.496 e. The fourth-order valence-electron chi connectivity index (χ4n) is 5.96. The number of hydrogen-bond donors (Lipinski definition) is 3. The molecule has 226 valence electrons. The molecule has 2 atom stereocenters. The minimum absolute atomic E-state index is 0.00720. The molecule has 0 aromatic heterocycles. The summed E-state index contributed by atoms with van der Waals surface area (Å²) < 4.78 is 10.5. The fourth-order valence-corrected chi connectivity index (χ4v) is 5.96. The van der Waals surface area contributed by atoms with Crippen molar-refractivity contribution in [1.29, 1.82) is 0 Å². The first-order chi connectivity index (χ1) is 20.0. The third kappa shape index (κ3) is 7.60. The summed E-state index contributed by atoms with van der Waals surface area (Å²) in [4.78, 5) is 52.9. The summed E-state index contributed by atoms with van der Waals surface area (Å²) >= 11 is 0. The molecule has 2 aliphatic rings. The van der Waals surface area contributed by atoms with Gasteiger partial charge in [0.15, 0.2) is 0 Å². The lowest BCUT2D eigenvalue weighted by molar-refractivity contribution is -0.141. The maximum Gasteiger partial charge on any atom is 0.407 e. The standard InChI is InChI=1S/C32H41N3O7/c1-32(2,3)42-31(40)33-19-20-10-12-22(13-11-20)29(37)35-17-16-24(21-8-6-5-7-9-21)27(35)28(36)34-23-14-15-25(30(38)39)26(18-23)41-4/h5-9,14-15,18,20,22,24,27H,10-13,16-17,19H2,1-4H3,(H,33,40)(H,34,36)(H,38,39). The molecule has 42 heavy (non-hydrogen) atoms. The average molecular weight is 580 g/mol. The van der Waals surface area contributed by atoms with Crippen molar-refractivity contribution in [2.75, 3.05) is 25.5 Å². The number of hydrogen-bond acceptors (Lipinski definition) is 6. The van der Waals surface area contributed by atoms with Crippen LogP contribution >= 0.6 is 0 Å². The van der Waals surface area contributed by atoms with E-state index in [4.69, 9.17) is 9.47 Å². The first kappa shape index (κ1) is 30.9. The highest BCUT2D eigenvalue weighted by Crippen LogP contribution is 2.38. The van der Waals surface area contributed by atoms with Crippen LogP contribution in [0.4, 0.5) is 10.5 Å². The minimum atomic E-state index is -1.13. The van der Waals surface area contributed by atoms with E-state index in [-0.39, 0.29) is 40.9 Å². The molecule has 2 unspecified atom stereocenters. The van der Waals surface area contributed by atoms with Crippen molar-refractivity contribution in [2.45, 2.75) is 70.4 Å². The van der Waals surface area contributed by atoms with Crippen molar-refractivity contribution in [3.63, 3.8) is 0 Å². The molecule has 3 N–H and O–H groups in total. The van der Waals surface area contributed by atoms with E-state index in [0.29, 0.717) is 38.0 Å². The Hall–Kier alpha value is -4.08. The number of carbonyl (C=O) groups is 4. The van der Waals surface area contributed by atoms with Crippen LogP contribution in [0.3, 0.4) is 0 Å². The topological polar surface area (TPSA) is 134 Å². The van der Waals surface area contributed by atoms with E-state index in [1.54, 1.807) is 4.90 Å². The molecule has 3 amide bonds. The highest BCUT2D eigenvalue weighted by Gasteiger charge is 2.44. The van der Waals surface area contributed by atoms with Gasteiger partial charge in [0.2, 0.25) is 11.8 Å². The molecule has 0 radical (unpaired) electrons. The zero-order chi connectivity index (χ0) is 30.4. The van der Waals surface area contributed by atoms with Crippen LogP contribution in [0.2, 0.25) is 0 Å². The number of benzene rings is 2. The SMILES string of the molecule is COc1cc(NC(=O)C2C(c3ccccc3)CCN2C(=O)C2CCC(CNC(=O)OC(C)(C)C)CC2)ccc1C(=O)O. The smallest absolute Gasteiger partial charge is 0.407 e. The number of carbonyl (C=O) groups excluding carboxylic acids is 3. The van der Waals surface area contributed by atoms with Crippen LogP contribution in [-0.2, 0) is 14.3 Å². The van der Waals surface area contributed by atoms with Gasteiger partial charge in [-0.1, -0.05) is 30.3 Å². The first-order valence-electron chi connectivity index (χ1n) is 14.5. The molecule has 2 aromatic rings.